The molecular formula is C28H35N7O4. The molecule has 1 amide bonds. The summed E-state index contributed by atoms with van der Waals surface area (Å²) in [4.78, 5) is 32.9. The molecule has 0 radical (unpaired) electrons. The van der Waals surface area contributed by atoms with E-state index in [9.17, 15) is 9.59 Å². The molecule has 0 spiro atoms. The summed E-state index contributed by atoms with van der Waals surface area (Å²) in [5, 5.41) is 10.7. The average Bonchev–Trinajstić information content (AvgIpc) is 3.52. The molecule has 3 atom stereocenters. The van der Waals surface area contributed by atoms with Crippen LogP contribution in [0.3, 0.4) is 0 Å². The zero-order valence-electron chi connectivity index (χ0n) is 22.8. The van der Waals surface area contributed by atoms with E-state index in [0.29, 0.717) is 24.3 Å². The van der Waals surface area contributed by atoms with Gasteiger partial charge in [0.25, 0.3) is 0 Å². The lowest BCUT2D eigenvalue weighted by Gasteiger charge is -2.38. The zero-order valence-corrected chi connectivity index (χ0v) is 22.8. The van der Waals surface area contributed by atoms with E-state index in [-0.39, 0.29) is 25.0 Å². The number of nitrogens with two attached hydrogens (primary N) is 1. The van der Waals surface area contributed by atoms with Gasteiger partial charge in [-0.05, 0) is 39.2 Å². The van der Waals surface area contributed by atoms with Crippen LogP contribution in [0.4, 0.5) is 10.6 Å². The highest BCUT2D eigenvalue weighted by Gasteiger charge is 2.40. The normalized spacial score (nSPS) is 21.4. The number of likely N-dealkylation sites (N-methyl/N-ethyl adjacent to an activating group) is 1. The molecule has 1 saturated heterocycles. The number of hydrogen-bond acceptors (Lipinski definition) is 9. The van der Waals surface area contributed by atoms with Crippen LogP contribution >= 0.6 is 0 Å². The SMILES string of the molecule is CN1CC(c2cnn3c(N)cc([C@H]4CC[C@@H](C(=O)OC(C)(C)C)N(C(=O)OCc5ccccc5)C4)nc23)C=N1. The number of benzene rings is 1. The molecule has 11 nitrogen and oxygen atoms in total. The standard InChI is InChI=1S/C28H35N7O4/c1-28(2,3)39-26(36)23-11-10-19(16-34(23)27(37)38-17-18-8-6-5-7-9-18)22-12-24(29)35-25(32-22)21(14-31-35)20-13-30-33(4)15-20/h5-9,12-14,19-20,23H,10-11,15-17,29H2,1-4H3/t19-,20?,23-/m0/s1. The number of carbonyl (C=O) groups is 2. The van der Waals surface area contributed by atoms with Crippen LogP contribution in [0.25, 0.3) is 5.65 Å². The van der Waals surface area contributed by atoms with Crippen LogP contribution in [0.1, 0.15) is 62.3 Å². The lowest BCUT2D eigenvalue weighted by atomic mass is 9.90. The first-order chi connectivity index (χ1) is 18.6. The van der Waals surface area contributed by atoms with E-state index in [1.807, 2.05) is 69.4 Å². The van der Waals surface area contributed by atoms with Crippen molar-refractivity contribution in [3.8, 4) is 0 Å². The Hall–Kier alpha value is -4.15. The Kier molecular flexibility index (Phi) is 7.16. The van der Waals surface area contributed by atoms with Gasteiger partial charge in [0.05, 0.1) is 11.9 Å². The summed E-state index contributed by atoms with van der Waals surface area (Å²) in [5.41, 5.74) is 8.94. The summed E-state index contributed by atoms with van der Waals surface area (Å²) in [5.74, 6) is -0.0785. The summed E-state index contributed by atoms with van der Waals surface area (Å²) in [6, 6.07) is 10.5. The Morgan fingerprint density at radius 2 is 1.90 bits per heavy atom. The van der Waals surface area contributed by atoms with E-state index < -0.39 is 23.7 Å². The summed E-state index contributed by atoms with van der Waals surface area (Å²) < 4.78 is 12.9. The molecule has 11 heteroatoms. The second-order valence-electron chi connectivity index (χ2n) is 11.2. The fourth-order valence-electron chi connectivity index (χ4n) is 5.08. The van der Waals surface area contributed by atoms with E-state index in [0.717, 1.165) is 23.4 Å². The molecule has 0 bridgehead atoms. The van der Waals surface area contributed by atoms with Crippen LogP contribution in [0, 0.1) is 0 Å². The van der Waals surface area contributed by atoms with Crippen molar-refractivity contribution in [2.45, 2.75) is 63.7 Å². The van der Waals surface area contributed by atoms with Gasteiger partial charge in [-0.2, -0.15) is 14.7 Å². The molecule has 2 N–H and O–H groups in total. The minimum absolute atomic E-state index is 0.0574. The number of hydrogen-bond donors (Lipinski definition) is 1. The van der Waals surface area contributed by atoms with E-state index in [4.69, 9.17) is 20.2 Å². The Morgan fingerprint density at radius 3 is 2.59 bits per heavy atom. The second-order valence-corrected chi connectivity index (χ2v) is 11.2. The highest BCUT2D eigenvalue weighted by molar-refractivity contribution is 5.82. The number of rotatable bonds is 5. The first-order valence-electron chi connectivity index (χ1n) is 13.2. The van der Waals surface area contributed by atoms with Gasteiger partial charge < -0.3 is 15.2 Å². The van der Waals surface area contributed by atoms with Crippen molar-refractivity contribution in [3.63, 3.8) is 0 Å². The van der Waals surface area contributed by atoms with Crippen molar-refractivity contribution in [2.24, 2.45) is 5.10 Å². The van der Waals surface area contributed by atoms with E-state index in [1.54, 1.807) is 16.8 Å². The van der Waals surface area contributed by atoms with Crippen molar-refractivity contribution in [1.82, 2.24) is 24.5 Å². The first-order valence-corrected chi connectivity index (χ1v) is 13.2. The summed E-state index contributed by atoms with van der Waals surface area (Å²) >= 11 is 0. The highest BCUT2D eigenvalue weighted by atomic mass is 16.6. The molecule has 0 saturated carbocycles. The summed E-state index contributed by atoms with van der Waals surface area (Å²) in [7, 11) is 1.92. The van der Waals surface area contributed by atoms with Crippen LogP contribution in [0.15, 0.2) is 47.7 Å². The van der Waals surface area contributed by atoms with Gasteiger partial charge in [0.2, 0.25) is 0 Å². The van der Waals surface area contributed by atoms with Gasteiger partial charge in [0.15, 0.2) is 5.65 Å². The molecule has 4 heterocycles. The minimum Gasteiger partial charge on any atom is -0.458 e. The molecule has 5 rings (SSSR count). The van der Waals surface area contributed by atoms with Gasteiger partial charge >= 0.3 is 12.1 Å². The number of piperidine rings is 1. The summed E-state index contributed by atoms with van der Waals surface area (Å²) in [6.45, 7) is 6.52. The maximum atomic E-state index is 13.3. The number of nitrogens with zero attached hydrogens (tertiary/aromatic N) is 6. The molecule has 39 heavy (non-hydrogen) atoms. The molecule has 3 aromatic rings. The van der Waals surface area contributed by atoms with Crippen LogP contribution in [-0.2, 0) is 20.9 Å². The fraction of sp³-hybridized carbons (Fsp3) is 0.464. The second kappa shape index (κ2) is 10.5. The van der Waals surface area contributed by atoms with Crippen LogP contribution < -0.4 is 5.73 Å². The maximum absolute atomic E-state index is 13.3. The Morgan fingerprint density at radius 1 is 1.13 bits per heavy atom. The highest BCUT2D eigenvalue weighted by Crippen LogP contribution is 2.33. The third kappa shape index (κ3) is 5.81. The smallest absolute Gasteiger partial charge is 0.410 e. The van der Waals surface area contributed by atoms with Crippen LogP contribution in [-0.4, -0.2) is 74.6 Å². The van der Waals surface area contributed by atoms with Crippen LogP contribution in [0.5, 0.6) is 0 Å². The number of ether oxygens (including phenoxy) is 2. The number of fused-ring (bicyclic) bond motifs is 1. The van der Waals surface area contributed by atoms with Crippen LogP contribution in [0.2, 0.25) is 0 Å². The number of esters is 1. The predicted molar refractivity (Wildman–Crippen MR) is 146 cm³/mol. The predicted octanol–water partition coefficient (Wildman–Crippen LogP) is 3.55. The molecule has 1 aromatic carbocycles. The molecule has 2 aliphatic heterocycles. The van der Waals surface area contributed by atoms with Gasteiger partial charge in [-0.15, -0.1) is 0 Å². The van der Waals surface area contributed by atoms with E-state index in [2.05, 4.69) is 10.2 Å². The lowest BCUT2D eigenvalue weighted by Crippen LogP contribution is -2.52. The Labute approximate surface area is 227 Å². The number of carbonyl (C=O) groups excluding carboxylic acids is 2. The largest absolute Gasteiger partial charge is 0.458 e. The quantitative estimate of drug-likeness (QED) is 0.493. The van der Waals surface area contributed by atoms with E-state index in [1.165, 1.54) is 4.90 Å². The van der Waals surface area contributed by atoms with Crippen molar-refractivity contribution in [2.75, 3.05) is 25.9 Å². The monoisotopic (exact) mass is 533 g/mol. The topological polar surface area (TPSA) is 128 Å². The number of amides is 1. The Balaban J connectivity index is 1.41. The molecule has 2 aliphatic rings. The lowest BCUT2D eigenvalue weighted by molar-refractivity contribution is -0.162. The zero-order chi connectivity index (χ0) is 27.7. The van der Waals surface area contributed by atoms with Gasteiger partial charge in [-0.1, -0.05) is 30.3 Å². The maximum Gasteiger partial charge on any atom is 0.410 e. The molecule has 0 aliphatic carbocycles. The molecule has 2 aromatic heterocycles. The van der Waals surface area contributed by atoms with Crippen molar-refractivity contribution in [1.29, 1.82) is 0 Å². The van der Waals surface area contributed by atoms with Gasteiger partial charge in [0.1, 0.15) is 24.1 Å². The number of hydrazone groups is 1. The third-order valence-corrected chi connectivity index (χ3v) is 6.97. The number of nitrogen functional groups attached to an aromatic ring is 1. The van der Waals surface area contributed by atoms with Gasteiger partial charge in [-0.3, -0.25) is 9.91 Å². The Bertz CT molecular complexity index is 1380. The number of anilines is 1. The van der Waals surface area contributed by atoms with Gasteiger partial charge in [-0.25, -0.2) is 14.6 Å². The average molecular weight is 534 g/mol. The molecule has 206 valence electrons. The van der Waals surface area contributed by atoms with Crippen molar-refractivity contribution in [3.05, 3.63) is 59.4 Å². The first kappa shape index (κ1) is 26.5. The molecule has 1 unspecified atom stereocenters. The number of likely N-dealkylation sites (tertiary alicyclic amines) is 1. The fourth-order valence-corrected chi connectivity index (χ4v) is 5.08. The third-order valence-electron chi connectivity index (χ3n) is 6.97. The van der Waals surface area contributed by atoms with Crippen molar-refractivity contribution >= 4 is 29.7 Å². The minimum atomic E-state index is -0.749. The molecule has 1 fully saturated rings. The van der Waals surface area contributed by atoms with Gasteiger partial charge in [0, 0.05) is 49.8 Å². The number of aromatic nitrogens is 3. The summed E-state index contributed by atoms with van der Waals surface area (Å²) in [6.07, 6.45) is 4.15. The molecular weight excluding hydrogens is 498 g/mol. The van der Waals surface area contributed by atoms with Crippen molar-refractivity contribution < 1.29 is 19.1 Å². The van der Waals surface area contributed by atoms with E-state index >= 15 is 0 Å².